The first-order chi connectivity index (χ1) is 8.45. The van der Waals surface area contributed by atoms with E-state index >= 15 is 0 Å². The fourth-order valence-corrected chi connectivity index (χ4v) is 1.89. The average molecular weight is 252 g/mol. The lowest BCUT2D eigenvalue weighted by molar-refractivity contribution is -0.152. The summed E-state index contributed by atoms with van der Waals surface area (Å²) in [6.07, 6.45) is 5.94. The Morgan fingerprint density at radius 2 is 1.94 bits per heavy atom. The number of carbonyl (C=O) groups is 2. The van der Waals surface area contributed by atoms with E-state index in [0.29, 0.717) is 25.9 Å². The Labute approximate surface area is 108 Å². The van der Waals surface area contributed by atoms with Crippen LogP contribution in [0, 0.1) is 18.3 Å². The van der Waals surface area contributed by atoms with Crippen LogP contribution in [0.25, 0.3) is 0 Å². The lowest BCUT2D eigenvalue weighted by Crippen LogP contribution is -2.45. The summed E-state index contributed by atoms with van der Waals surface area (Å²) in [6, 6.07) is -0.0150. The first kappa shape index (κ1) is 14.4. The molecule has 1 atom stereocenters. The van der Waals surface area contributed by atoms with Gasteiger partial charge < -0.3 is 14.5 Å². The zero-order valence-corrected chi connectivity index (χ0v) is 11.2. The van der Waals surface area contributed by atoms with Crippen molar-refractivity contribution in [3.8, 4) is 12.3 Å². The molecule has 0 aromatic heterocycles. The van der Waals surface area contributed by atoms with E-state index in [4.69, 9.17) is 11.2 Å². The summed E-state index contributed by atoms with van der Waals surface area (Å²) < 4.78 is 5.09. The van der Waals surface area contributed by atoms with Gasteiger partial charge in [-0.2, -0.15) is 0 Å². The Kier molecular flexibility index (Phi) is 5.02. The molecule has 0 radical (unpaired) electrons. The monoisotopic (exact) mass is 252 g/mol. The van der Waals surface area contributed by atoms with Crippen molar-refractivity contribution in [1.29, 1.82) is 0 Å². The van der Waals surface area contributed by atoms with E-state index in [1.54, 1.807) is 30.8 Å². The molecule has 0 bridgehead atoms. The van der Waals surface area contributed by atoms with Crippen LogP contribution in [0.2, 0.25) is 0 Å². The molecule has 18 heavy (non-hydrogen) atoms. The molecule has 1 heterocycles. The largest absolute Gasteiger partial charge is 0.449 e. The van der Waals surface area contributed by atoms with Crippen LogP contribution < -0.4 is 0 Å². The highest BCUT2D eigenvalue weighted by Crippen LogP contribution is 2.19. The second-order valence-corrected chi connectivity index (χ2v) is 4.68. The summed E-state index contributed by atoms with van der Waals surface area (Å²) >= 11 is 0. The molecule has 5 nitrogen and oxygen atoms in total. The number of rotatable bonds is 2. The van der Waals surface area contributed by atoms with E-state index in [1.807, 2.05) is 0 Å². The summed E-state index contributed by atoms with van der Waals surface area (Å²) in [4.78, 5) is 26.7. The van der Waals surface area contributed by atoms with Crippen LogP contribution in [-0.2, 0) is 9.53 Å². The van der Waals surface area contributed by atoms with Crippen molar-refractivity contribution < 1.29 is 14.3 Å². The second kappa shape index (κ2) is 6.29. The minimum Gasteiger partial charge on any atom is -0.449 e. The number of ether oxygens (including phenoxy) is 1. The van der Waals surface area contributed by atoms with E-state index in [2.05, 4.69) is 5.92 Å². The van der Waals surface area contributed by atoms with Crippen LogP contribution in [0.4, 0.5) is 4.79 Å². The van der Waals surface area contributed by atoms with Crippen LogP contribution >= 0.6 is 0 Å². The molecular weight excluding hydrogens is 232 g/mol. The number of nitrogens with zero attached hydrogens (tertiary/aromatic N) is 2. The fraction of sp³-hybridized carbons (Fsp3) is 0.692. The van der Waals surface area contributed by atoms with Crippen LogP contribution in [0.3, 0.4) is 0 Å². The quantitative estimate of drug-likeness (QED) is 0.543. The highest BCUT2D eigenvalue weighted by atomic mass is 16.5. The van der Waals surface area contributed by atoms with Gasteiger partial charge in [-0.25, -0.2) is 4.79 Å². The molecule has 0 N–H and O–H groups in total. The Hall–Kier alpha value is -1.70. The van der Waals surface area contributed by atoms with Crippen LogP contribution in [0.5, 0.6) is 0 Å². The molecule has 100 valence electrons. The number of hydrogen-bond acceptors (Lipinski definition) is 3. The average Bonchev–Trinajstić information content (AvgIpc) is 2.37. The van der Waals surface area contributed by atoms with E-state index in [1.165, 1.54) is 0 Å². The van der Waals surface area contributed by atoms with Gasteiger partial charge in [0.1, 0.15) is 0 Å². The molecule has 0 saturated carbocycles. The molecular formula is C13H20N2O3. The third-order valence-electron chi connectivity index (χ3n) is 3.01. The van der Waals surface area contributed by atoms with Gasteiger partial charge in [-0.15, -0.1) is 6.42 Å². The van der Waals surface area contributed by atoms with Crippen LogP contribution in [0.15, 0.2) is 0 Å². The van der Waals surface area contributed by atoms with Crippen LogP contribution in [-0.4, -0.2) is 55.1 Å². The van der Waals surface area contributed by atoms with Gasteiger partial charge in [-0.05, 0) is 19.8 Å². The maximum absolute atomic E-state index is 11.7. The first-order valence-corrected chi connectivity index (χ1v) is 6.08. The topological polar surface area (TPSA) is 49.9 Å². The minimum atomic E-state index is -0.487. The van der Waals surface area contributed by atoms with Crippen molar-refractivity contribution in [2.45, 2.75) is 25.9 Å². The third-order valence-corrected chi connectivity index (χ3v) is 3.01. The van der Waals surface area contributed by atoms with E-state index in [0.717, 1.165) is 0 Å². The Morgan fingerprint density at radius 1 is 1.39 bits per heavy atom. The second-order valence-electron chi connectivity index (χ2n) is 4.68. The number of amides is 2. The van der Waals surface area contributed by atoms with E-state index in [-0.39, 0.29) is 17.9 Å². The van der Waals surface area contributed by atoms with Crippen LogP contribution in [0.1, 0.15) is 19.8 Å². The van der Waals surface area contributed by atoms with Gasteiger partial charge in [-0.1, -0.05) is 5.92 Å². The summed E-state index contributed by atoms with van der Waals surface area (Å²) in [5.41, 5.74) is 0. The maximum Gasteiger partial charge on any atom is 0.319 e. The number of carbonyl (C=O) groups excluding carboxylic acids is 2. The Balaban J connectivity index is 2.42. The summed E-state index contributed by atoms with van der Waals surface area (Å²) in [7, 11) is 3.44. The van der Waals surface area contributed by atoms with Gasteiger partial charge in [-0.3, -0.25) is 4.79 Å². The number of likely N-dealkylation sites (tertiary alicyclic amines) is 1. The fourth-order valence-electron chi connectivity index (χ4n) is 1.89. The number of terminal acetylenes is 1. The first-order valence-electron chi connectivity index (χ1n) is 6.08. The molecule has 0 spiro atoms. The molecule has 1 aliphatic rings. The molecule has 0 aliphatic carbocycles. The summed E-state index contributed by atoms with van der Waals surface area (Å²) in [6.45, 7) is 2.84. The number of hydrogen-bond donors (Lipinski definition) is 0. The van der Waals surface area contributed by atoms with Crippen molar-refractivity contribution in [2.24, 2.45) is 5.92 Å². The molecule has 1 aliphatic heterocycles. The molecule has 1 saturated heterocycles. The standard InChI is InChI=1S/C13H20N2O3/c1-5-10(2)18-12(16)11-6-8-15(9-7-11)13(17)14(3)4/h1,10-11H,6-9H2,2-4H3. The minimum absolute atomic E-state index is 0.0150. The lowest BCUT2D eigenvalue weighted by atomic mass is 9.97. The van der Waals surface area contributed by atoms with Gasteiger partial charge in [0, 0.05) is 27.2 Å². The molecule has 1 rings (SSSR count). The molecule has 2 amide bonds. The maximum atomic E-state index is 11.7. The lowest BCUT2D eigenvalue weighted by Gasteiger charge is -2.32. The van der Waals surface area contributed by atoms with E-state index in [9.17, 15) is 9.59 Å². The summed E-state index contributed by atoms with van der Waals surface area (Å²) in [5, 5.41) is 0. The van der Waals surface area contributed by atoms with Crippen molar-refractivity contribution in [2.75, 3.05) is 27.2 Å². The zero-order chi connectivity index (χ0) is 13.7. The van der Waals surface area contributed by atoms with Crippen molar-refractivity contribution >= 4 is 12.0 Å². The van der Waals surface area contributed by atoms with Crippen molar-refractivity contribution in [1.82, 2.24) is 9.80 Å². The highest BCUT2D eigenvalue weighted by molar-refractivity contribution is 5.76. The highest BCUT2D eigenvalue weighted by Gasteiger charge is 2.29. The normalized spacial score (nSPS) is 17.8. The number of piperidine rings is 1. The summed E-state index contributed by atoms with van der Waals surface area (Å²) in [5.74, 6) is 1.96. The predicted octanol–water partition coefficient (Wildman–Crippen LogP) is 0.945. The van der Waals surface area contributed by atoms with Crippen molar-refractivity contribution in [3.63, 3.8) is 0 Å². The van der Waals surface area contributed by atoms with Gasteiger partial charge in [0.2, 0.25) is 0 Å². The number of esters is 1. The predicted molar refractivity (Wildman–Crippen MR) is 67.8 cm³/mol. The zero-order valence-electron chi connectivity index (χ0n) is 11.2. The molecule has 5 heteroatoms. The third kappa shape index (κ3) is 3.66. The van der Waals surface area contributed by atoms with Gasteiger partial charge >= 0.3 is 12.0 Å². The van der Waals surface area contributed by atoms with Gasteiger partial charge in [0.05, 0.1) is 5.92 Å². The van der Waals surface area contributed by atoms with E-state index < -0.39 is 6.10 Å². The van der Waals surface area contributed by atoms with Crippen molar-refractivity contribution in [3.05, 3.63) is 0 Å². The molecule has 0 aromatic rings. The Morgan fingerprint density at radius 3 is 2.39 bits per heavy atom. The van der Waals surface area contributed by atoms with Gasteiger partial charge in [0.25, 0.3) is 0 Å². The Bertz CT molecular complexity index is 352. The smallest absolute Gasteiger partial charge is 0.319 e. The van der Waals surface area contributed by atoms with Gasteiger partial charge in [0.15, 0.2) is 6.10 Å². The molecule has 1 unspecified atom stereocenters. The SMILES string of the molecule is C#CC(C)OC(=O)C1CCN(C(=O)N(C)C)CC1. The molecule has 1 fully saturated rings. The molecule has 0 aromatic carbocycles. The number of urea groups is 1.